The normalized spacial score (nSPS) is 10.2. The summed E-state index contributed by atoms with van der Waals surface area (Å²) in [7, 11) is 0. The molecule has 0 spiro atoms. The summed E-state index contributed by atoms with van der Waals surface area (Å²) in [5, 5.41) is 9.27. The van der Waals surface area contributed by atoms with Crippen LogP contribution in [0.3, 0.4) is 0 Å². The molecular formula is C8H8N2O. The SMILES string of the molecule is Oc1c[nH]cc1-n1cccc1. The quantitative estimate of drug-likeness (QED) is 0.632. The Labute approximate surface area is 63.9 Å². The number of aromatic hydroxyl groups is 1. The molecule has 2 N–H and O–H groups in total. The third-order valence-electron chi connectivity index (χ3n) is 1.59. The summed E-state index contributed by atoms with van der Waals surface area (Å²) >= 11 is 0. The Hall–Kier alpha value is -1.64. The van der Waals surface area contributed by atoms with Crippen LogP contribution in [0, 0.1) is 0 Å². The van der Waals surface area contributed by atoms with E-state index in [0.29, 0.717) is 0 Å². The van der Waals surface area contributed by atoms with Crippen LogP contribution in [0.25, 0.3) is 5.69 Å². The first-order valence-electron chi connectivity index (χ1n) is 3.37. The van der Waals surface area contributed by atoms with Crippen LogP contribution in [-0.4, -0.2) is 14.7 Å². The standard InChI is InChI=1S/C8H8N2O/c11-8-6-9-5-7(8)10-3-1-2-4-10/h1-6,9,11H. The molecular weight excluding hydrogens is 140 g/mol. The van der Waals surface area contributed by atoms with Gasteiger partial charge in [0.05, 0.1) is 0 Å². The highest BCUT2D eigenvalue weighted by Crippen LogP contribution is 2.19. The van der Waals surface area contributed by atoms with Crippen LogP contribution in [0.4, 0.5) is 0 Å². The molecule has 0 saturated carbocycles. The summed E-state index contributed by atoms with van der Waals surface area (Å²) in [6, 6.07) is 3.82. The Balaban J connectivity index is 2.53. The second-order valence-corrected chi connectivity index (χ2v) is 2.32. The molecule has 56 valence electrons. The van der Waals surface area contributed by atoms with E-state index in [1.54, 1.807) is 12.4 Å². The monoisotopic (exact) mass is 148 g/mol. The number of hydrogen-bond donors (Lipinski definition) is 2. The fraction of sp³-hybridized carbons (Fsp3) is 0. The molecule has 2 aromatic heterocycles. The molecule has 2 heterocycles. The van der Waals surface area contributed by atoms with Gasteiger partial charge in [-0.3, -0.25) is 0 Å². The molecule has 3 nitrogen and oxygen atoms in total. The van der Waals surface area contributed by atoms with Crippen LogP contribution < -0.4 is 0 Å². The minimum atomic E-state index is 0.265. The summed E-state index contributed by atoms with van der Waals surface area (Å²) in [6.07, 6.45) is 7.05. The first-order valence-corrected chi connectivity index (χ1v) is 3.37. The van der Waals surface area contributed by atoms with Crippen LogP contribution in [0.2, 0.25) is 0 Å². The molecule has 0 amide bonds. The van der Waals surface area contributed by atoms with Gasteiger partial charge in [0.1, 0.15) is 5.69 Å². The lowest BCUT2D eigenvalue weighted by Crippen LogP contribution is -1.85. The third kappa shape index (κ3) is 0.902. The molecule has 0 aliphatic carbocycles. The van der Waals surface area contributed by atoms with Gasteiger partial charge in [0.25, 0.3) is 0 Å². The molecule has 0 atom stereocenters. The Morgan fingerprint density at radius 1 is 1.18 bits per heavy atom. The fourth-order valence-corrected chi connectivity index (χ4v) is 1.05. The van der Waals surface area contributed by atoms with E-state index >= 15 is 0 Å². The second kappa shape index (κ2) is 2.20. The summed E-state index contributed by atoms with van der Waals surface area (Å²) in [4.78, 5) is 2.82. The van der Waals surface area contributed by atoms with Gasteiger partial charge in [0.15, 0.2) is 5.75 Å². The maximum absolute atomic E-state index is 9.27. The van der Waals surface area contributed by atoms with Crippen molar-refractivity contribution in [1.29, 1.82) is 0 Å². The second-order valence-electron chi connectivity index (χ2n) is 2.32. The first kappa shape index (κ1) is 6.09. The van der Waals surface area contributed by atoms with Crippen molar-refractivity contribution in [3.8, 4) is 11.4 Å². The van der Waals surface area contributed by atoms with E-state index in [2.05, 4.69) is 4.98 Å². The Bertz CT molecular complexity index is 335. The highest BCUT2D eigenvalue weighted by atomic mass is 16.3. The number of nitrogens with one attached hydrogen (secondary N) is 1. The average molecular weight is 148 g/mol. The highest BCUT2D eigenvalue weighted by molar-refractivity contribution is 5.43. The zero-order valence-corrected chi connectivity index (χ0v) is 5.86. The van der Waals surface area contributed by atoms with Crippen LogP contribution in [0.1, 0.15) is 0 Å². The largest absolute Gasteiger partial charge is 0.504 e. The van der Waals surface area contributed by atoms with Gasteiger partial charge in [-0.25, -0.2) is 0 Å². The Morgan fingerprint density at radius 2 is 1.91 bits per heavy atom. The molecule has 0 radical (unpaired) electrons. The zero-order valence-electron chi connectivity index (χ0n) is 5.86. The molecule has 0 fully saturated rings. The summed E-state index contributed by atoms with van der Waals surface area (Å²) in [5.74, 6) is 0.265. The maximum atomic E-state index is 9.27. The minimum Gasteiger partial charge on any atom is -0.504 e. The number of H-pyrrole nitrogens is 1. The van der Waals surface area contributed by atoms with E-state index < -0.39 is 0 Å². The zero-order chi connectivity index (χ0) is 7.68. The summed E-state index contributed by atoms with van der Waals surface area (Å²) < 4.78 is 1.84. The molecule has 11 heavy (non-hydrogen) atoms. The molecule has 2 aromatic rings. The van der Waals surface area contributed by atoms with Crippen molar-refractivity contribution >= 4 is 0 Å². The van der Waals surface area contributed by atoms with E-state index in [1.165, 1.54) is 0 Å². The highest BCUT2D eigenvalue weighted by Gasteiger charge is 2.00. The molecule has 0 unspecified atom stereocenters. The summed E-state index contributed by atoms with van der Waals surface area (Å²) in [5.41, 5.74) is 0.773. The molecule has 0 bridgehead atoms. The van der Waals surface area contributed by atoms with Crippen LogP contribution in [-0.2, 0) is 0 Å². The number of rotatable bonds is 1. The van der Waals surface area contributed by atoms with Gasteiger partial charge in [-0.15, -0.1) is 0 Å². The molecule has 0 saturated heterocycles. The van der Waals surface area contributed by atoms with Crippen LogP contribution >= 0.6 is 0 Å². The van der Waals surface area contributed by atoms with Gasteiger partial charge in [0, 0.05) is 24.8 Å². The van der Waals surface area contributed by atoms with E-state index in [4.69, 9.17) is 0 Å². The average Bonchev–Trinajstić information content (AvgIpc) is 2.55. The molecule has 0 aliphatic heterocycles. The molecule has 0 aromatic carbocycles. The third-order valence-corrected chi connectivity index (χ3v) is 1.59. The van der Waals surface area contributed by atoms with Gasteiger partial charge in [-0.1, -0.05) is 0 Å². The topological polar surface area (TPSA) is 40.9 Å². The first-order chi connectivity index (χ1) is 5.38. The maximum Gasteiger partial charge on any atom is 0.157 e. The Kier molecular flexibility index (Phi) is 1.22. The lowest BCUT2D eigenvalue weighted by molar-refractivity contribution is 0.473. The lowest BCUT2D eigenvalue weighted by Gasteiger charge is -1.97. The Morgan fingerprint density at radius 3 is 2.45 bits per heavy atom. The number of aromatic nitrogens is 2. The van der Waals surface area contributed by atoms with Crippen molar-refractivity contribution < 1.29 is 5.11 Å². The van der Waals surface area contributed by atoms with Gasteiger partial charge >= 0.3 is 0 Å². The number of nitrogens with zero attached hydrogens (tertiary/aromatic N) is 1. The van der Waals surface area contributed by atoms with Crippen molar-refractivity contribution in [2.45, 2.75) is 0 Å². The molecule has 3 heteroatoms. The van der Waals surface area contributed by atoms with Gasteiger partial charge in [-0.2, -0.15) is 0 Å². The molecule has 0 aliphatic rings. The van der Waals surface area contributed by atoms with Gasteiger partial charge in [-0.05, 0) is 12.1 Å². The number of aromatic amines is 1. The van der Waals surface area contributed by atoms with Crippen LogP contribution in [0.15, 0.2) is 36.9 Å². The minimum absolute atomic E-state index is 0.265. The van der Waals surface area contributed by atoms with Gasteiger partial charge < -0.3 is 14.7 Å². The van der Waals surface area contributed by atoms with Crippen molar-refractivity contribution in [1.82, 2.24) is 9.55 Å². The number of hydrogen-bond acceptors (Lipinski definition) is 1. The predicted octanol–water partition coefficient (Wildman–Crippen LogP) is 1.51. The van der Waals surface area contributed by atoms with Crippen molar-refractivity contribution in [2.75, 3.05) is 0 Å². The van der Waals surface area contributed by atoms with Crippen molar-refractivity contribution in [2.24, 2.45) is 0 Å². The molecule has 2 rings (SSSR count). The van der Waals surface area contributed by atoms with E-state index in [0.717, 1.165) is 5.69 Å². The summed E-state index contributed by atoms with van der Waals surface area (Å²) in [6.45, 7) is 0. The van der Waals surface area contributed by atoms with E-state index in [-0.39, 0.29) is 5.75 Å². The van der Waals surface area contributed by atoms with E-state index in [9.17, 15) is 5.11 Å². The fourth-order valence-electron chi connectivity index (χ4n) is 1.05. The predicted molar refractivity (Wildman–Crippen MR) is 41.8 cm³/mol. The van der Waals surface area contributed by atoms with E-state index in [1.807, 2.05) is 29.1 Å². The van der Waals surface area contributed by atoms with Crippen LogP contribution in [0.5, 0.6) is 5.75 Å². The lowest BCUT2D eigenvalue weighted by atomic mass is 10.5. The van der Waals surface area contributed by atoms with Crippen molar-refractivity contribution in [3.05, 3.63) is 36.9 Å². The van der Waals surface area contributed by atoms with Gasteiger partial charge in [0.2, 0.25) is 0 Å². The smallest absolute Gasteiger partial charge is 0.157 e. The van der Waals surface area contributed by atoms with Crippen molar-refractivity contribution in [3.63, 3.8) is 0 Å².